The van der Waals surface area contributed by atoms with Gasteiger partial charge in [0.05, 0.1) is 18.0 Å². The van der Waals surface area contributed by atoms with Crippen molar-refractivity contribution in [2.45, 2.75) is 24.3 Å². The van der Waals surface area contributed by atoms with Crippen LogP contribution in [0.3, 0.4) is 0 Å². The van der Waals surface area contributed by atoms with E-state index in [1.807, 2.05) is 25.1 Å². The van der Waals surface area contributed by atoms with Crippen molar-refractivity contribution in [1.29, 1.82) is 0 Å². The number of nitrogens with zero attached hydrogens (tertiary/aromatic N) is 1. The minimum atomic E-state index is -0.318. The summed E-state index contributed by atoms with van der Waals surface area (Å²) >= 11 is 1.51. The summed E-state index contributed by atoms with van der Waals surface area (Å²) < 4.78 is 5.24. The van der Waals surface area contributed by atoms with Gasteiger partial charge in [0.15, 0.2) is 0 Å². The Labute approximate surface area is 115 Å². The van der Waals surface area contributed by atoms with Crippen molar-refractivity contribution in [3.63, 3.8) is 0 Å². The molecule has 1 unspecified atom stereocenters. The van der Waals surface area contributed by atoms with Crippen molar-refractivity contribution in [3.8, 4) is 0 Å². The van der Waals surface area contributed by atoms with E-state index >= 15 is 0 Å². The van der Waals surface area contributed by atoms with Crippen LogP contribution in [0.25, 0.3) is 0 Å². The molecule has 1 aromatic rings. The number of ether oxygens (including phenoxy) is 1. The van der Waals surface area contributed by atoms with Crippen molar-refractivity contribution in [2.75, 3.05) is 22.5 Å². The summed E-state index contributed by atoms with van der Waals surface area (Å²) in [5.74, 6) is 0.431. The van der Waals surface area contributed by atoms with Crippen LogP contribution >= 0.6 is 11.8 Å². The van der Waals surface area contributed by atoms with Crippen LogP contribution < -0.4 is 10.2 Å². The number of fused-ring (bicyclic) bond motifs is 1. The molecule has 6 heteroatoms. The second-order valence-corrected chi connectivity index (χ2v) is 5.56. The predicted octanol–water partition coefficient (Wildman–Crippen LogP) is 2.47. The first kappa shape index (κ1) is 12.3. The van der Waals surface area contributed by atoms with E-state index in [2.05, 4.69) is 5.32 Å². The Morgan fingerprint density at radius 2 is 2.32 bits per heavy atom. The lowest BCUT2D eigenvalue weighted by atomic mass is 10.2. The van der Waals surface area contributed by atoms with Crippen LogP contribution in [0.2, 0.25) is 0 Å². The number of nitrogens with one attached hydrogen (secondary N) is 1. The average Bonchev–Trinajstić information content (AvgIpc) is 2.79. The van der Waals surface area contributed by atoms with E-state index in [-0.39, 0.29) is 18.1 Å². The first-order valence-corrected chi connectivity index (χ1v) is 7.21. The molecule has 0 radical (unpaired) electrons. The number of hydrogen-bond acceptors (Lipinski definition) is 4. The predicted molar refractivity (Wildman–Crippen MR) is 73.7 cm³/mol. The van der Waals surface area contributed by atoms with E-state index in [0.717, 1.165) is 22.7 Å². The zero-order chi connectivity index (χ0) is 13.4. The van der Waals surface area contributed by atoms with Gasteiger partial charge in [0.25, 0.3) is 0 Å². The number of carbonyl (C=O) groups is 2. The first-order valence-electron chi connectivity index (χ1n) is 6.22. The number of cyclic esters (lactones) is 1. The van der Waals surface area contributed by atoms with E-state index in [4.69, 9.17) is 4.74 Å². The number of hydrogen-bond donors (Lipinski definition) is 1. The van der Waals surface area contributed by atoms with Crippen molar-refractivity contribution >= 4 is 35.1 Å². The average molecular weight is 278 g/mol. The molecule has 0 saturated carbocycles. The fraction of sp³-hybridized carbons (Fsp3) is 0.385. The summed E-state index contributed by atoms with van der Waals surface area (Å²) in [6, 6.07) is 5.66. The Hall–Kier alpha value is -1.69. The van der Waals surface area contributed by atoms with E-state index < -0.39 is 0 Å². The number of anilines is 2. The van der Waals surface area contributed by atoms with Gasteiger partial charge in [0.2, 0.25) is 5.91 Å². The lowest BCUT2D eigenvalue weighted by molar-refractivity contribution is -0.113. The summed E-state index contributed by atoms with van der Waals surface area (Å²) in [7, 11) is 0. The maximum atomic E-state index is 11.8. The van der Waals surface area contributed by atoms with Gasteiger partial charge in [-0.15, -0.1) is 11.8 Å². The minimum Gasteiger partial charge on any atom is -0.444 e. The number of benzene rings is 1. The van der Waals surface area contributed by atoms with Crippen LogP contribution in [-0.4, -0.2) is 30.4 Å². The Bertz CT molecular complexity index is 547. The van der Waals surface area contributed by atoms with E-state index in [0.29, 0.717) is 12.3 Å². The second kappa shape index (κ2) is 4.77. The molecule has 1 saturated heterocycles. The van der Waals surface area contributed by atoms with Crippen LogP contribution in [0.5, 0.6) is 0 Å². The van der Waals surface area contributed by atoms with Gasteiger partial charge in [-0.3, -0.25) is 9.69 Å². The minimum absolute atomic E-state index is 0.00918. The summed E-state index contributed by atoms with van der Waals surface area (Å²) in [6.45, 7) is 2.56. The highest BCUT2D eigenvalue weighted by atomic mass is 32.2. The first-order chi connectivity index (χ1) is 9.17. The van der Waals surface area contributed by atoms with Crippen LogP contribution in [0, 0.1) is 0 Å². The molecule has 0 aromatic heterocycles. The fourth-order valence-electron chi connectivity index (χ4n) is 2.18. The molecule has 100 valence electrons. The highest BCUT2D eigenvalue weighted by Gasteiger charge is 2.31. The Morgan fingerprint density at radius 1 is 1.47 bits per heavy atom. The smallest absolute Gasteiger partial charge is 0.414 e. The molecule has 1 fully saturated rings. The normalized spacial score (nSPS) is 21.9. The number of amides is 2. The molecule has 1 N–H and O–H groups in total. The second-order valence-electron chi connectivity index (χ2n) is 4.54. The Balaban J connectivity index is 1.88. The van der Waals surface area contributed by atoms with Gasteiger partial charge < -0.3 is 10.1 Å². The van der Waals surface area contributed by atoms with E-state index in [1.165, 1.54) is 11.8 Å². The van der Waals surface area contributed by atoms with E-state index in [9.17, 15) is 9.59 Å². The molecule has 0 spiro atoms. The van der Waals surface area contributed by atoms with Crippen molar-refractivity contribution in [3.05, 3.63) is 18.2 Å². The fourth-order valence-corrected chi connectivity index (χ4v) is 2.97. The molecule has 3 rings (SSSR count). The molecule has 1 aromatic carbocycles. The Morgan fingerprint density at radius 3 is 3.05 bits per heavy atom. The van der Waals surface area contributed by atoms with E-state index in [1.54, 1.807) is 4.90 Å². The van der Waals surface area contributed by atoms with Crippen LogP contribution in [0.1, 0.15) is 13.3 Å². The highest BCUT2D eigenvalue weighted by molar-refractivity contribution is 8.00. The third-order valence-electron chi connectivity index (χ3n) is 3.24. The van der Waals surface area contributed by atoms with Gasteiger partial charge in [0.1, 0.15) is 6.10 Å². The van der Waals surface area contributed by atoms with Crippen LogP contribution in [-0.2, 0) is 9.53 Å². The third kappa shape index (κ3) is 2.28. The number of rotatable bonds is 2. The van der Waals surface area contributed by atoms with Gasteiger partial charge >= 0.3 is 6.09 Å². The number of thioether (sulfide) groups is 1. The quantitative estimate of drug-likeness (QED) is 0.903. The molecule has 2 aliphatic heterocycles. The molecular formula is C13H14N2O3S. The maximum Gasteiger partial charge on any atom is 0.414 e. The maximum absolute atomic E-state index is 11.8. The van der Waals surface area contributed by atoms with Gasteiger partial charge in [-0.1, -0.05) is 6.92 Å². The zero-order valence-corrected chi connectivity index (χ0v) is 11.3. The van der Waals surface area contributed by atoms with Crippen molar-refractivity contribution in [1.82, 2.24) is 0 Å². The Kier molecular flexibility index (Phi) is 3.10. The molecule has 2 heterocycles. The van der Waals surface area contributed by atoms with Crippen molar-refractivity contribution < 1.29 is 14.3 Å². The molecule has 0 bridgehead atoms. The molecule has 2 aliphatic rings. The van der Waals surface area contributed by atoms with Crippen LogP contribution in [0.4, 0.5) is 16.2 Å². The summed E-state index contributed by atoms with van der Waals surface area (Å²) in [6.07, 6.45) is 0.439. The third-order valence-corrected chi connectivity index (χ3v) is 4.31. The number of carbonyl (C=O) groups excluding carboxylic acids is 2. The molecule has 2 amide bonds. The zero-order valence-electron chi connectivity index (χ0n) is 10.5. The standard InChI is InChI=1S/C13H14N2O3S/c1-2-9-6-15(13(17)18-9)8-3-4-11-10(5-8)14-12(16)7-19-11/h3-5,9H,2,6-7H2,1H3,(H,14,16). The van der Waals surface area contributed by atoms with Crippen LogP contribution in [0.15, 0.2) is 23.1 Å². The molecule has 19 heavy (non-hydrogen) atoms. The van der Waals surface area contributed by atoms with Gasteiger partial charge in [0, 0.05) is 10.6 Å². The van der Waals surface area contributed by atoms with Crippen molar-refractivity contribution in [2.24, 2.45) is 0 Å². The molecule has 0 aliphatic carbocycles. The summed E-state index contributed by atoms with van der Waals surface area (Å²) in [5.41, 5.74) is 1.54. The molecular weight excluding hydrogens is 264 g/mol. The summed E-state index contributed by atoms with van der Waals surface area (Å²) in [4.78, 5) is 25.8. The highest BCUT2D eigenvalue weighted by Crippen LogP contribution is 2.35. The lowest BCUT2D eigenvalue weighted by Crippen LogP contribution is -2.25. The largest absolute Gasteiger partial charge is 0.444 e. The topological polar surface area (TPSA) is 58.6 Å². The monoisotopic (exact) mass is 278 g/mol. The molecule has 1 atom stereocenters. The van der Waals surface area contributed by atoms with Gasteiger partial charge in [-0.25, -0.2) is 4.79 Å². The molecule has 5 nitrogen and oxygen atoms in total. The lowest BCUT2D eigenvalue weighted by Gasteiger charge is -2.19. The van der Waals surface area contributed by atoms with Gasteiger partial charge in [-0.05, 0) is 24.6 Å². The summed E-state index contributed by atoms with van der Waals surface area (Å²) in [5, 5.41) is 2.83. The van der Waals surface area contributed by atoms with Gasteiger partial charge in [-0.2, -0.15) is 0 Å². The SMILES string of the molecule is CCC1CN(c2ccc3c(c2)NC(=O)CS3)C(=O)O1.